The van der Waals surface area contributed by atoms with Crippen LogP contribution in [0.3, 0.4) is 0 Å². The fourth-order valence-corrected chi connectivity index (χ4v) is 2.88. The molecule has 1 aliphatic rings. The molecule has 1 fully saturated rings. The standard InChI is InChI=1S/C11H8N2O2S/c14-10-9(12-11(15)13-10)8-5-6-3-1-2-4-7(6)16-8/h1-5,9H,(H2,12,13,14,15)/t9-/m0/s1. The van der Waals surface area contributed by atoms with Crippen molar-refractivity contribution in [3.8, 4) is 0 Å². The summed E-state index contributed by atoms with van der Waals surface area (Å²) in [5, 5.41) is 5.91. The van der Waals surface area contributed by atoms with E-state index in [0.717, 1.165) is 15.0 Å². The highest BCUT2D eigenvalue weighted by atomic mass is 32.1. The van der Waals surface area contributed by atoms with Gasteiger partial charge in [0.1, 0.15) is 6.04 Å². The number of benzene rings is 1. The van der Waals surface area contributed by atoms with E-state index < -0.39 is 12.1 Å². The Morgan fingerprint density at radius 1 is 1.19 bits per heavy atom. The van der Waals surface area contributed by atoms with Gasteiger partial charge in [-0.1, -0.05) is 18.2 Å². The van der Waals surface area contributed by atoms with Crippen LogP contribution in [0.25, 0.3) is 10.1 Å². The number of amides is 3. The predicted octanol–water partition coefficient (Wildman–Crippen LogP) is 1.78. The third kappa shape index (κ3) is 1.37. The van der Waals surface area contributed by atoms with Crippen LogP contribution in [0.15, 0.2) is 30.3 Å². The van der Waals surface area contributed by atoms with Gasteiger partial charge in [0, 0.05) is 9.58 Å². The molecule has 4 nitrogen and oxygen atoms in total. The molecule has 1 aromatic heterocycles. The lowest BCUT2D eigenvalue weighted by Crippen LogP contribution is -2.22. The fourth-order valence-electron chi connectivity index (χ4n) is 1.76. The van der Waals surface area contributed by atoms with Crippen molar-refractivity contribution in [3.63, 3.8) is 0 Å². The van der Waals surface area contributed by atoms with Crippen molar-refractivity contribution in [3.05, 3.63) is 35.2 Å². The second-order valence-corrected chi connectivity index (χ2v) is 4.70. The normalized spacial score (nSPS) is 19.9. The first kappa shape index (κ1) is 9.35. The number of imide groups is 1. The lowest BCUT2D eigenvalue weighted by molar-refractivity contribution is -0.120. The van der Waals surface area contributed by atoms with Gasteiger partial charge in [-0.2, -0.15) is 0 Å². The van der Waals surface area contributed by atoms with Crippen LogP contribution >= 0.6 is 11.3 Å². The van der Waals surface area contributed by atoms with Crippen LogP contribution in [0.4, 0.5) is 4.79 Å². The Hall–Kier alpha value is -1.88. The quantitative estimate of drug-likeness (QED) is 0.736. The maximum Gasteiger partial charge on any atom is 0.322 e. The van der Waals surface area contributed by atoms with Crippen LogP contribution in [-0.4, -0.2) is 11.9 Å². The van der Waals surface area contributed by atoms with Gasteiger partial charge < -0.3 is 5.32 Å². The third-order valence-electron chi connectivity index (χ3n) is 2.50. The number of rotatable bonds is 1. The van der Waals surface area contributed by atoms with Crippen molar-refractivity contribution in [1.82, 2.24) is 10.6 Å². The molecule has 1 aliphatic heterocycles. The summed E-state index contributed by atoms with van der Waals surface area (Å²) in [4.78, 5) is 23.4. The molecule has 3 amide bonds. The van der Waals surface area contributed by atoms with Gasteiger partial charge >= 0.3 is 6.03 Å². The van der Waals surface area contributed by atoms with Crippen LogP contribution in [0.5, 0.6) is 0 Å². The largest absolute Gasteiger partial charge is 0.322 e. The molecule has 0 bridgehead atoms. The van der Waals surface area contributed by atoms with Crippen LogP contribution in [0.1, 0.15) is 10.9 Å². The zero-order valence-electron chi connectivity index (χ0n) is 8.19. The minimum Gasteiger partial charge on any atom is -0.321 e. The summed E-state index contributed by atoms with van der Waals surface area (Å²) < 4.78 is 1.12. The van der Waals surface area contributed by atoms with E-state index in [1.54, 1.807) is 0 Å². The number of urea groups is 1. The van der Waals surface area contributed by atoms with Crippen molar-refractivity contribution >= 4 is 33.4 Å². The van der Waals surface area contributed by atoms with Gasteiger partial charge in [-0.25, -0.2) is 4.79 Å². The lowest BCUT2D eigenvalue weighted by Gasteiger charge is -2.01. The summed E-state index contributed by atoms with van der Waals surface area (Å²) in [5.41, 5.74) is 0. The van der Waals surface area contributed by atoms with Crippen molar-refractivity contribution in [1.29, 1.82) is 0 Å². The minimum atomic E-state index is -0.537. The number of thiophene rings is 1. The van der Waals surface area contributed by atoms with E-state index in [2.05, 4.69) is 10.6 Å². The molecule has 2 N–H and O–H groups in total. The number of carbonyl (C=O) groups is 2. The molecule has 2 heterocycles. The molecular weight excluding hydrogens is 224 g/mol. The van der Waals surface area contributed by atoms with Gasteiger partial charge in [0.15, 0.2) is 0 Å². The van der Waals surface area contributed by atoms with Gasteiger partial charge in [-0.15, -0.1) is 11.3 Å². The Balaban J connectivity index is 2.06. The second kappa shape index (κ2) is 3.31. The average molecular weight is 232 g/mol. The highest BCUT2D eigenvalue weighted by molar-refractivity contribution is 7.19. The molecule has 0 spiro atoms. The zero-order valence-corrected chi connectivity index (χ0v) is 9.01. The number of fused-ring (bicyclic) bond motifs is 1. The number of nitrogens with one attached hydrogen (secondary N) is 2. The molecule has 1 saturated heterocycles. The van der Waals surface area contributed by atoms with E-state index in [9.17, 15) is 9.59 Å². The molecule has 1 aromatic carbocycles. The smallest absolute Gasteiger partial charge is 0.321 e. The lowest BCUT2D eigenvalue weighted by atomic mass is 10.2. The summed E-state index contributed by atoms with van der Waals surface area (Å²) in [7, 11) is 0. The van der Waals surface area contributed by atoms with Gasteiger partial charge in [0.05, 0.1) is 0 Å². The molecule has 0 saturated carbocycles. The van der Waals surface area contributed by atoms with E-state index in [4.69, 9.17) is 0 Å². The van der Waals surface area contributed by atoms with E-state index in [1.165, 1.54) is 11.3 Å². The van der Waals surface area contributed by atoms with Crippen LogP contribution in [0.2, 0.25) is 0 Å². The van der Waals surface area contributed by atoms with E-state index in [-0.39, 0.29) is 5.91 Å². The maximum atomic E-state index is 11.5. The van der Waals surface area contributed by atoms with Crippen LogP contribution in [0, 0.1) is 0 Å². The predicted molar refractivity (Wildman–Crippen MR) is 61.2 cm³/mol. The highest BCUT2D eigenvalue weighted by Gasteiger charge is 2.31. The Labute approximate surface area is 95.3 Å². The monoisotopic (exact) mass is 232 g/mol. The van der Waals surface area contributed by atoms with E-state index in [1.807, 2.05) is 30.3 Å². The van der Waals surface area contributed by atoms with E-state index >= 15 is 0 Å². The van der Waals surface area contributed by atoms with Gasteiger partial charge in [0.25, 0.3) is 5.91 Å². The van der Waals surface area contributed by atoms with Gasteiger partial charge in [-0.05, 0) is 17.5 Å². The molecule has 3 rings (SSSR count). The van der Waals surface area contributed by atoms with Crippen molar-refractivity contribution in [2.75, 3.05) is 0 Å². The summed E-state index contributed by atoms with van der Waals surface area (Å²) in [5.74, 6) is -0.281. The average Bonchev–Trinajstić information content (AvgIpc) is 2.81. The Bertz CT molecular complexity index is 557. The molecule has 2 aromatic rings. The zero-order chi connectivity index (χ0) is 11.1. The first-order valence-electron chi connectivity index (χ1n) is 4.84. The third-order valence-corrected chi connectivity index (χ3v) is 3.68. The summed E-state index contributed by atoms with van der Waals surface area (Å²) in [6.07, 6.45) is 0. The number of hydrogen-bond donors (Lipinski definition) is 2. The molecule has 0 unspecified atom stereocenters. The fraction of sp³-hybridized carbons (Fsp3) is 0.0909. The Morgan fingerprint density at radius 2 is 2.00 bits per heavy atom. The van der Waals surface area contributed by atoms with Crippen molar-refractivity contribution < 1.29 is 9.59 Å². The van der Waals surface area contributed by atoms with E-state index in [0.29, 0.717) is 0 Å². The van der Waals surface area contributed by atoms with Crippen molar-refractivity contribution in [2.24, 2.45) is 0 Å². The first-order chi connectivity index (χ1) is 7.74. The summed E-state index contributed by atoms with van der Waals surface area (Å²) >= 11 is 1.52. The molecular formula is C11H8N2O2S. The Morgan fingerprint density at radius 3 is 2.69 bits per heavy atom. The number of hydrogen-bond acceptors (Lipinski definition) is 3. The highest BCUT2D eigenvalue weighted by Crippen LogP contribution is 2.30. The topological polar surface area (TPSA) is 58.2 Å². The second-order valence-electron chi connectivity index (χ2n) is 3.58. The molecule has 0 aliphatic carbocycles. The maximum absolute atomic E-state index is 11.5. The van der Waals surface area contributed by atoms with Crippen LogP contribution < -0.4 is 10.6 Å². The van der Waals surface area contributed by atoms with Gasteiger partial charge in [-0.3, -0.25) is 10.1 Å². The van der Waals surface area contributed by atoms with Crippen molar-refractivity contribution in [2.45, 2.75) is 6.04 Å². The van der Waals surface area contributed by atoms with Crippen LogP contribution in [-0.2, 0) is 4.79 Å². The first-order valence-corrected chi connectivity index (χ1v) is 5.65. The molecule has 0 radical (unpaired) electrons. The molecule has 80 valence electrons. The van der Waals surface area contributed by atoms with Gasteiger partial charge in [0.2, 0.25) is 0 Å². The SMILES string of the molecule is O=C1NC(=O)[C@H](c2cc3ccccc3s2)N1. The molecule has 1 atom stereocenters. The molecule has 5 heteroatoms. The Kier molecular flexibility index (Phi) is 1.94. The number of carbonyl (C=O) groups excluding carboxylic acids is 2. The molecule has 16 heavy (non-hydrogen) atoms. The summed E-state index contributed by atoms with van der Waals surface area (Å²) in [6, 6.07) is 8.87. The summed E-state index contributed by atoms with van der Waals surface area (Å²) in [6.45, 7) is 0. The minimum absolute atomic E-state index is 0.281.